The molecule has 1 unspecified atom stereocenters. The van der Waals surface area contributed by atoms with Gasteiger partial charge in [0.05, 0.1) is 12.2 Å². The smallest absolute Gasteiger partial charge is 0.198 e. The Bertz CT molecular complexity index is 407. The second-order valence-electron chi connectivity index (χ2n) is 5.03. The summed E-state index contributed by atoms with van der Waals surface area (Å²) in [5.74, 6) is 1.23. The fourth-order valence-corrected chi connectivity index (χ4v) is 3.11. The van der Waals surface area contributed by atoms with E-state index in [0.717, 1.165) is 43.3 Å². The highest BCUT2D eigenvalue weighted by Crippen LogP contribution is 2.40. The Labute approximate surface area is 118 Å². The molecule has 0 saturated carbocycles. The number of hydrogen-bond donors (Lipinski definition) is 1. The summed E-state index contributed by atoms with van der Waals surface area (Å²) in [7, 11) is 0. The van der Waals surface area contributed by atoms with Gasteiger partial charge in [-0.25, -0.2) is 0 Å². The molecule has 0 spiro atoms. The number of hydrogen-bond acceptors (Lipinski definition) is 6. The second kappa shape index (κ2) is 6.43. The molecule has 0 amide bonds. The number of anilines is 2. The van der Waals surface area contributed by atoms with Gasteiger partial charge in [0.25, 0.3) is 0 Å². The SMILES string of the molecule is CCOC1CCCN(c2snc(N)c2OC(C)C)C1. The van der Waals surface area contributed by atoms with Gasteiger partial charge in [0.2, 0.25) is 0 Å². The largest absolute Gasteiger partial charge is 0.484 e. The van der Waals surface area contributed by atoms with E-state index in [4.69, 9.17) is 15.2 Å². The summed E-state index contributed by atoms with van der Waals surface area (Å²) < 4.78 is 15.8. The van der Waals surface area contributed by atoms with E-state index < -0.39 is 0 Å². The molecule has 1 atom stereocenters. The molecule has 6 heteroatoms. The summed E-state index contributed by atoms with van der Waals surface area (Å²) in [6, 6.07) is 0. The normalized spacial score (nSPS) is 20.0. The standard InChI is InChI=1S/C13H23N3O2S/c1-4-17-10-6-5-7-16(8-10)13-11(18-9(2)3)12(14)15-19-13/h9-10H,4-8H2,1-3H3,(H2,14,15). The van der Waals surface area contributed by atoms with Gasteiger partial charge in [-0.1, -0.05) is 0 Å². The van der Waals surface area contributed by atoms with Crippen LogP contribution in [0.2, 0.25) is 0 Å². The van der Waals surface area contributed by atoms with Crippen LogP contribution in [0.5, 0.6) is 5.75 Å². The van der Waals surface area contributed by atoms with E-state index in [0.29, 0.717) is 11.9 Å². The second-order valence-corrected chi connectivity index (χ2v) is 5.79. The zero-order chi connectivity index (χ0) is 13.8. The third-order valence-electron chi connectivity index (χ3n) is 3.08. The van der Waals surface area contributed by atoms with Crippen molar-refractivity contribution in [2.75, 3.05) is 30.3 Å². The minimum atomic E-state index is 0.102. The lowest BCUT2D eigenvalue weighted by Crippen LogP contribution is -2.39. The number of aromatic nitrogens is 1. The lowest BCUT2D eigenvalue weighted by Gasteiger charge is -2.33. The number of nitrogen functional groups attached to an aromatic ring is 1. The van der Waals surface area contributed by atoms with Crippen molar-refractivity contribution in [3.63, 3.8) is 0 Å². The molecule has 1 aliphatic heterocycles. The van der Waals surface area contributed by atoms with Crippen LogP contribution in [0, 0.1) is 0 Å². The first-order valence-electron chi connectivity index (χ1n) is 6.90. The first-order chi connectivity index (χ1) is 9.11. The molecule has 0 aliphatic carbocycles. The molecule has 2 rings (SSSR count). The Balaban J connectivity index is 2.12. The zero-order valence-corrected chi connectivity index (χ0v) is 12.7. The average Bonchev–Trinajstić information content (AvgIpc) is 2.71. The molecule has 2 N–H and O–H groups in total. The van der Waals surface area contributed by atoms with Crippen molar-refractivity contribution in [3.8, 4) is 5.75 Å². The molecule has 1 fully saturated rings. The van der Waals surface area contributed by atoms with Gasteiger partial charge in [-0.2, -0.15) is 4.37 Å². The molecule has 5 nitrogen and oxygen atoms in total. The summed E-state index contributed by atoms with van der Waals surface area (Å²) >= 11 is 1.42. The summed E-state index contributed by atoms with van der Waals surface area (Å²) in [5, 5.41) is 1.04. The van der Waals surface area contributed by atoms with Crippen molar-refractivity contribution >= 4 is 22.4 Å². The molecule has 108 valence electrons. The minimum Gasteiger partial charge on any atom is -0.484 e. The number of nitrogens with two attached hydrogens (primary N) is 1. The summed E-state index contributed by atoms with van der Waals surface area (Å²) in [4.78, 5) is 2.29. The van der Waals surface area contributed by atoms with Gasteiger partial charge in [0, 0.05) is 19.7 Å². The van der Waals surface area contributed by atoms with Crippen molar-refractivity contribution in [3.05, 3.63) is 0 Å². The molecule has 19 heavy (non-hydrogen) atoms. The Morgan fingerprint density at radius 1 is 1.53 bits per heavy atom. The van der Waals surface area contributed by atoms with E-state index in [1.165, 1.54) is 11.5 Å². The lowest BCUT2D eigenvalue weighted by molar-refractivity contribution is 0.0527. The Kier molecular flexibility index (Phi) is 4.87. The first-order valence-corrected chi connectivity index (χ1v) is 7.67. The number of nitrogens with zero attached hydrogens (tertiary/aromatic N) is 2. The van der Waals surface area contributed by atoms with E-state index in [1.54, 1.807) is 0 Å². The highest BCUT2D eigenvalue weighted by molar-refractivity contribution is 7.11. The highest BCUT2D eigenvalue weighted by Gasteiger charge is 2.26. The Morgan fingerprint density at radius 3 is 3.00 bits per heavy atom. The van der Waals surface area contributed by atoms with Crippen LogP contribution in [-0.2, 0) is 4.74 Å². The van der Waals surface area contributed by atoms with Crippen molar-refractivity contribution in [2.24, 2.45) is 0 Å². The van der Waals surface area contributed by atoms with Crippen molar-refractivity contribution in [1.29, 1.82) is 0 Å². The third-order valence-corrected chi connectivity index (χ3v) is 3.98. The molecule has 0 aromatic carbocycles. The van der Waals surface area contributed by atoms with E-state index in [9.17, 15) is 0 Å². The third kappa shape index (κ3) is 3.51. The molecular weight excluding hydrogens is 262 g/mol. The van der Waals surface area contributed by atoms with Crippen LogP contribution >= 0.6 is 11.5 Å². The molecular formula is C13H23N3O2S. The highest BCUT2D eigenvalue weighted by atomic mass is 32.1. The van der Waals surface area contributed by atoms with E-state index >= 15 is 0 Å². The van der Waals surface area contributed by atoms with E-state index in [-0.39, 0.29) is 6.10 Å². The van der Waals surface area contributed by atoms with Crippen LogP contribution in [0.15, 0.2) is 0 Å². The van der Waals surface area contributed by atoms with Gasteiger partial charge in [-0.05, 0) is 45.1 Å². The average molecular weight is 285 g/mol. The molecule has 1 aliphatic rings. The van der Waals surface area contributed by atoms with Crippen molar-refractivity contribution < 1.29 is 9.47 Å². The monoisotopic (exact) mass is 285 g/mol. The maximum atomic E-state index is 5.91. The van der Waals surface area contributed by atoms with Gasteiger partial charge in [-0.3, -0.25) is 0 Å². The van der Waals surface area contributed by atoms with Crippen LogP contribution in [0.1, 0.15) is 33.6 Å². The lowest BCUT2D eigenvalue weighted by atomic mass is 10.1. The molecule has 1 aromatic heterocycles. The van der Waals surface area contributed by atoms with Gasteiger partial charge < -0.3 is 20.1 Å². The Morgan fingerprint density at radius 2 is 2.32 bits per heavy atom. The molecule has 2 heterocycles. The number of ether oxygens (including phenoxy) is 2. The van der Waals surface area contributed by atoms with Crippen LogP contribution in [0.3, 0.4) is 0 Å². The predicted molar refractivity (Wildman–Crippen MR) is 79.2 cm³/mol. The van der Waals surface area contributed by atoms with Gasteiger partial charge in [-0.15, -0.1) is 0 Å². The van der Waals surface area contributed by atoms with E-state index in [1.807, 2.05) is 20.8 Å². The summed E-state index contributed by atoms with van der Waals surface area (Å²) in [6.45, 7) is 8.71. The molecule has 0 radical (unpaired) electrons. The topological polar surface area (TPSA) is 60.6 Å². The summed E-state index contributed by atoms with van der Waals surface area (Å²) in [6.07, 6.45) is 2.65. The van der Waals surface area contributed by atoms with Crippen molar-refractivity contribution in [2.45, 2.75) is 45.8 Å². The predicted octanol–water partition coefficient (Wildman–Crippen LogP) is 2.52. The first kappa shape index (κ1) is 14.4. The van der Waals surface area contributed by atoms with Crippen LogP contribution in [0.25, 0.3) is 0 Å². The quantitative estimate of drug-likeness (QED) is 0.900. The number of rotatable bonds is 5. The molecule has 1 saturated heterocycles. The van der Waals surface area contributed by atoms with Crippen LogP contribution in [-0.4, -0.2) is 36.3 Å². The van der Waals surface area contributed by atoms with Gasteiger partial charge in [0.1, 0.15) is 0 Å². The maximum Gasteiger partial charge on any atom is 0.198 e. The molecule has 1 aromatic rings. The van der Waals surface area contributed by atoms with Gasteiger partial charge in [0.15, 0.2) is 16.6 Å². The van der Waals surface area contributed by atoms with E-state index in [2.05, 4.69) is 9.27 Å². The summed E-state index contributed by atoms with van der Waals surface area (Å²) in [5.41, 5.74) is 5.91. The zero-order valence-electron chi connectivity index (χ0n) is 11.9. The van der Waals surface area contributed by atoms with Crippen LogP contribution < -0.4 is 15.4 Å². The van der Waals surface area contributed by atoms with Gasteiger partial charge >= 0.3 is 0 Å². The molecule has 0 bridgehead atoms. The fraction of sp³-hybridized carbons (Fsp3) is 0.769. The number of piperidine rings is 1. The Hall–Kier alpha value is -1.01. The van der Waals surface area contributed by atoms with Crippen LogP contribution in [0.4, 0.5) is 10.8 Å². The fourth-order valence-electron chi connectivity index (χ4n) is 2.33. The maximum absolute atomic E-state index is 5.91. The minimum absolute atomic E-state index is 0.102. The van der Waals surface area contributed by atoms with Crippen molar-refractivity contribution in [1.82, 2.24) is 4.37 Å².